The third-order valence-electron chi connectivity index (χ3n) is 5.93. The van der Waals surface area contributed by atoms with Crippen LogP contribution in [0.5, 0.6) is 5.75 Å². The largest absolute Gasteiger partial charge is 0.507 e. The van der Waals surface area contributed by atoms with Crippen molar-refractivity contribution >= 4 is 5.97 Å². The van der Waals surface area contributed by atoms with Crippen LogP contribution in [0, 0.1) is 13.8 Å². The molecule has 0 amide bonds. The van der Waals surface area contributed by atoms with Gasteiger partial charge in [0.25, 0.3) is 0 Å². The van der Waals surface area contributed by atoms with Crippen molar-refractivity contribution < 1.29 is 39.1 Å². The predicted molar refractivity (Wildman–Crippen MR) is 107 cm³/mol. The minimum atomic E-state index is -1.40. The normalized spacial score (nSPS) is 37.0. The van der Waals surface area contributed by atoms with E-state index in [0.29, 0.717) is 24.0 Å². The van der Waals surface area contributed by atoms with Crippen molar-refractivity contribution in [1.82, 2.24) is 0 Å². The van der Waals surface area contributed by atoms with Crippen molar-refractivity contribution in [3.05, 3.63) is 28.8 Å². The highest BCUT2D eigenvalue weighted by molar-refractivity contribution is 5.94. The van der Waals surface area contributed by atoms with Crippen LogP contribution in [0.3, 0.4) is 0 Å². The molecule has 7 atom stereocenters. The fourth-order valence-electron chi connectivity index (χ4n) is 4.17. The molecule has 3 N–H and O–H groups in total. The van der Waals surface area contributed by atoms with E-state index in [1.807, 2.05) is 6.92 Å². The van der Waals surface area contributed by atoms with Crippen LogP contribution in [0.4, 0.5) is 0 Å². The Morgan fingerprint density at radius 1 is 1.13 bits per heavy atom. The van der Waals surface area contributed by atoms with E-state index in [9.17, 15) is 20.1 Å². The van der Waals surface area contributed by atoms with Gasteiger partial charge in [-0.3, -0.25) is 0 Å². The molecule has 0 aromatic heterocycles. The van der Waals surface area contributed by atoms with Crippen LogP contribution in [0.2, 0.25) is 0 Å². The third kappa shape index (κ3) is 4.78. The molecular weight excluding hydrogens is 392 g/mol. The van der Waals surface area contributed by atoms with Crippen molar-refractivity contribution in [2.75, 3.05) is 0 Å². The molecule has 2 aliphatic heterocycles. The highest BCUT2D eigenvalue weighted by Crippen LogP contribution is 2.35. The van der Waals surface area contributed by atoms with Gasteiger partial charge < -0.3 is 34.3 Å². The van der Waals surface area contributed by atoms with E-state index < -0.39 is 36.4 Å². The van der Waals surface area contributed by atoms with Gasteiger partial charge in [-0.05, 0) is 52.2 Å². The van der Waals surface area contributed by atoms with E-state index in [-0.39, 0.29) is 29.9 Å². The molecule has 30 heavy (non-hydrogen) atoms. The lowest BCUT2D eigenvalue weighted by Gasteiger charge is -2.45. The summed E-state index contributed by atoms with van der Waals surface area (Å²) >= 11 is 0. The van der Waals surface area contributed by atoms with E-state index in [2.05, 4.69) is 0 Å². The molecule has 2 heterocycles. The molecule has 0 radical (unpaired) electrons. The second kappa shape index (κ2) is 8.80. The summed E-state index contributed by atoms with van der Waals surface area (Å²) in [5, 5.41) is 30.9. The summed E-state index contributed by atoms with van der Waals surface area (Å²) in [7, 11) is 0. The zero-order valence-corrected chi connectivity index (χ0v) is 18.1. The number of aryl methyl sites for hydroxylation is 2. The predicted octanol–water partition coefficient (Wildman–Crippen LogP) is 2.32. The van der Waals surface area contributed by atoms with Gasteiger partial charge in [-0.2, -0.15) is 0 Å². The van der Waals surface area contributed by atoms with Crippen molar-refractivity contribution in [3.8, 4) is 5.75 Å². The number of benzene rings is 1. The maximum atomic E-state index is 12.8. The highest BCUT2D eigenvalue weighted by atomic mass is 16.7. The molecule has 1 aromatic carbocycles. The molecule has 0 saturated carbocycles. The van der Waals surface area contributed by atoms with Crippen LogP contribution in [-0.4, -0.2) is 63.9 Å². The van der Waals surface area contributed by atoms with E-state index >= 15 is 0 Å². The van der Waals surface area contributed by atoms with Crippen LogP contribution < -0.4 is 0 Å². The van der Waals surface area contributed by atoms with Gasteiger partial charge in [-0.25, -0.2) is 4.79 Å². The fraction of sp³-hybridized carbons (Fsp3) is 0.682. The van der Waals surface area contributed by atoms with Crippen LogP contribution in [0.15, 0.2) is 12.1 Å². The summed E-state index contributed by atoms with van der Waals surface area (Å²) in [5.41, 5.74) is -0.163. The number of hydrogen-bond donors (Lipinski definition) is 3. The average molecular weight is 424 g/mol. The monoisotopic (exact) mass is 424 g/mol. The van der Waals surface area contributed by atoms with Crippen LogP contribution in [0.25, 0.3) is 0 Å². The van der Waals surface area contributed by atoms with E-state index in [1.54, 1.807) is 39.8 Å². The first-order chi connectivity index (χ1) is 14.0. The number of aromatic hydroxyl groups is 1. The molecule has 2 aliphatic rings. The van der Waals surface area contributed by atoms with E-state index in [4.69, 9.17) is 18.9 Å². The van der Waals surface area contributed by atoms with Crippen LogP contribution in [-0.2, 0) is 18.9 Å². The molecule has 0 unspecified atom stereocenters. The van der Waals surface area contributed by atoms with Gasteiger partial charge in [0.1, 0.15) is 16.9 Å². The Kier molecular flexibility index (Phi) is 6.74. The lowest BCUT2D eigenvalue weighted by atomic mass is 9.88. The number of phenols is 1. The maximum absolute atomic E-state index is 12.8. The number of ether oxygens (including phenoxy) is 4. The number of esters is 1. The first-order valence-electron chi connectivity index (χ1n) is 10.4. The van der Waals surface area contributed by atoms with Gasteiger partial charge in [0.2, 0.25) is 0 Å². The summed E-state index contributed by atoms with van der Waals surface area (Å²) in [4.78, 5) is 12.8. The van der Waals surface area contributed by atoms with Crippen molar-refractivity contribution in [2.24, 2.45) is 0 Å². The standard InChI is InChI=1S/C22H32O8/c1-11-6-7-12(2)19(24)18(11)21(25)30-20-14(4)28-17(10-22(20,5)26)29-15-8-9-16(23)27-13(15)3/h6-7,13-17,20,23-24,26H,8-10H2,1-5H3/t13-,14+,15+,16-,17+,20-,22-/m1/s1. The highest BCUT2D eigenvalue weighted by Gasteiger charge is 2.48. The molecule has 1 aromatic rings. The number of aliphatic hydroxyl groups excluding tert-OH is 1. The van der Waals surface area contributed by atoms with E-state index in [1.165, 1.54) is 0 Å². The SMILES string of the molecule is Cc1ccc(C)c(C(=O)O[C@@H]2[C@H](C)O[C@@H](O[C@H]3CC[C@H](O)O[C@@H]3C)C[C@@]2(C)O)c1O. The van der Waals surface area contributed by atoms with E-state index in [0.717, 1.165) is 0 Å². The van der Waals surface area contributed by atoms with Gasteiger partial charge in [0, 0.05) is 12.8 Å². The molecular formula is C22H32O8. The Labute approximate surface area is 176 Å². The zero-order chi connectivity index (χ0) is 22.2. The fourth-order valence-corrected chi connectivity index (χ4v) is 4.17. The lowest BCUT2D eigenvalue weighted by molar-refractivity contribution is -0.304. The number of carbonyl (C=O) groups is 1. The molecule has 2 saturated heterocycles. The molecule has 0 spiro atoms. The third-order valence-corrected chi connectivity index (χ3v) is 5.93. The summed E-state index contributed by atoms with van der Waals surface area (Å²) in [6, 6.07) is 3.46. The summed E-state index contributed by atoms with van der Waals surface area (Å²) in [6.45, 7) is 8.51. The first-order valence-corrected chi connectivity index (χ1v) is 10.4. The van der Waals surface area contributed by atoms with Gasteiger partial charge in [-0.15, -0.1) is 0 Å². The van der Waals surface area contributed by atoms with Gasteiger partial charge in [0.05, 0.1) is 18.3 Å². The first kappa shape index (κ1) is 23.0. The lowest BCUT2D eigenvalue weighted by Crippen LogP contribution is -2.58. The van der Waals surface area contributed by atoms with Crippen molar-refractivity contribution in [3.63, 3.8) is 0 Å². The molecule has 2 fully saturated rings. The summed E-state index contributed by atoms with van der Waals surface area (Å²) in [6.07, 6.45) is -2.47. The maximum Gasteiger partial charge on any atom is 0.342 e. The van der Waals surface area contributed by atoms with Crippen molar-refractivity contribution in [1.29, 1.82) is 0 Å². The summed E-state index contributed by atoms with van der Waals surface area (Å²) < 4.78 is 22.9. The number of hydrogen-bond acceptors (Lipinski definition) is 8. The Hall–Kier alpha value is -1.71. The van der Waals surface area contributed by atoms with Gasteiger partial charge >= 0.3 is 5.97 Å². The molecule has 8 nitrogen and oxygen atoms in total. The zero-order valence-electron chi connectivity index (χ0n) is 18.1. The minimum absolute atomic E-state index is 0.0862. The molecule has 168 valence electrons. The second-order valence-electron chi connectivity index (χ2n) is 8.63. The second-order valence-corrected chi connectivity index (χ2v) is 8.63. The molecule has 0 bridgehead atoms. The Balaban J connectivity index is 1.68. The number of carbonyl (C=O) groups excluding carboxylic acids is 1. The topological polar surface area (TPSA) is 115 Å². The molecule has 0 aliphatic carbocycles. The average Bonchev–Trinajstić information content (AvgIpc) is 2.64. The van der Waals surface area contributed by atoms with Gasteiger partial charge in [-0.1, -0.05) is 12.1 Å². The molecule has 8 heteroatoms. The number of phenolic OH excluding ortho intramolecular Hbond substituents is 1. The Morgan fingerprint density at radius 3 is 2.43 bits per heavy atom. The van der Waals surface area contributed by atoms with Gasteiger partial charge in [0.15, 0.2) is 18.7 Å². The smallest absolute Gasteiger partial charge is 0.342 e. The van der Waals surface area contributed by atoms with Crippen molar-refractivity contribution in [2.45, 2.75) is 96.5 Å². The number of aliphatic hydroxyl groups is 2. The Morgan fingerprint density at radius 2 is 1.80 bits per heavy atom. The summed E-state index contributed by atoms with van der Waals surface area (Å²) in [5.74, 6) is -0.837. The number of rotatable bonds is 4. The van der Waals surface area contributed by atoms with Crippen LogP contribution in [0.1, 0.15) is 61.5 Å². The molecule has 3 rings (SSSR count). The minimum Gasteiger partial charge on any atom is -0.507 e. The Bertz CT molecular complexity index is 777. The quantitative estimate of drug-likeness (QED) is 0.631. The van der Waals surface area contributed by atoms with Crippen LogP contribution >= 0.6 is 0 Å².